The highest BCUT2D eigenvalue weighted by Crippen LogP contribution is 2.33. The second kappa shape index (κ2) is 7.93. The van der Waals surface area contributed by atoms with Crippen molar-refractivity contribution in [1.82, 2.24) is 4.98 Å². The zero-order valence-corrected chi connectivity index (χ0v) is 14.6. The third-order valence-corrected chi connectivity index (χ3v) is 3.61. The Labute approximate surface area is 149 Å². The summed E-state index contributed by atoms with van der Waals surface area (Å²) in [5.74, 6) is -1.14. The molecule has 0 bridgehead atoms. The third kappa shape index (κ3) is 4.12. The maximum Gasteiger partial charge on any atom is 0.340 e. The van der Waals surface area contributed by atoms with Gasteiger partial charge < -0.3 is 22.9 Å². The number of carbonyl (C=O) groups excluding carboxylic acids is 1. The number of ether oxygens (including phenoxy) is 1. The molecule has 8 heteroatoms. The highest BCUT2D eigenvalue weighted by Gasteiger charge is 2.20. The average Bonchev–Trinajstić information content (AvgIpc) is 2.45. The molecular weight excluding hydrogens is 366 g/mol. The van der Waals surface area contributed by atoms with Crippen LogP contribution in [0.2, 0.25) is 10.0 Å². The van der Waals surface area contributed by atoms with Gasteiger partial charge in [-0.25, -0.2) is 9.18 Å². The van der Waals surface area contributed by atoms with E-state index in [0.717, 1.165) is 0 Å². The van der Waals surface area contributed by atoms with Crippen molar-refractivity contribution in [2.24, 2.45) is 0 Å². The SMILES string of the molecule is COC(=O)c1c(Cl)cc(Cl)cc1-c1cnc(C(C)[NH3+])c(F)c1.[Cl-]. The van der Waals surface area contributed by atoms with Crippen LogP contribution < -0.4 is 18.1 Å². The molecule has 0 saturated carbocycles. The minimum atomic E-state index is -0.633. The summed E-state index contributed by atoms with van der Waals surface area (Å²) in [6.45, 7) is 1.74. The van der Waals surface area contributed by atoms with Crippen molar-refractivity contribution in [3.8, 4) is 11.1 Å². The second-order valence-corrected chi connectivity index (χ2v) is 5.64. The fourth-order valence-electron chi connectivity index (χ4n) is 2.07. The molecule has 0 saturated heterocycles. The summed E-state index contributed by atoms with van der Waals surface area (Å²) in [7, 11) is 1.24. The van der Waals surface area contributed by atoms with Gasteiger partial charge in [-0.1, -0.05) is 23.2 Å². The van der Waals surface area contributed by atoms with E-state index < -0.39 is 11.8 Å². The van der Waals surface area contributed by atoms with Crippen LogP contribution in [0.3, 0.4) is 0 Å². The van der Waals surface area contributed by atoms with Gasteiger partial charge in [0.1, 0.15) is 11.7 Å². The van der Waals surface area contributed by atoms with Crippen LogP contribution in [0.25, 0.3) is 11.1 Å². The first-order valence-corrected chi connectivity index (χ1v) is 7.17. The predicted octanol–water partition coefficient (Wildman–Crippen LogP) is 0.288. The lowest BCUT2D eigenvalue weighted by molar-refractivity contribution is -0.422. The molecule has 1 aromatic carbocycles. The van der Waals surface area contributed by atoms with Crippen LogP contribution in [0.5, 0.6) is 0 Å². The van der Waals surface area contributed by atoms with Crippen molar-refractivity contribution < 1.29 is 32.1 Å². The highest BCUT2D eigenvalue weighted by atomic mass is 35.5. The Morgan fingerprint density at radius 1 is 1.35 bits per heavy atom. The lowest BCUT2D eigenvalue weighted by atomic mass is 10.00. The van der Waals surface area contributed by atoms with Crippen molar-refractivity contribution in [3.63, 3.8) is 0 Å². The van der Waals surface area contributed by atoms with Gasteiger partial charge >= 0.3 is 5.97 Å². The summed E-state index contributed by atoms with van der Waals surface area (Å²) >= 11 is 12.1. The minimum absolute atomic E-state index is 0. The van der Waals surface area contributed by atoms with Gasteiger partial charge in [0.15, 0.2) is 5.82 Å². The number of aromatic nitrogens is 1. The number of methoxy groups -OCH3 is 1. The maximum atomic E-state index is 14.1. The number of hydrogen-bond acceptors (Lipinski definition) is 3. The Hall–Kier alpha value is -1.40. The molecule has 1 unspecified atom stereocenters. The molecule has 1 heterocycles. The van der Waals surface area contributed by atoms with E-state index in [2.05, 4.69) is 10.7 Å². The molecule has 0 aliphatic heterocycles. The quantitative estimate of drug-likeness (QED) is 0.780. The zero-order chi connectivity index (χ0) is 16.4. The summed E-state index contributed by atoms with van der Waals surface area (Å²) < 4.78 is 18.8. The number of esters is 1. The number of nitrogens with zero attached hydrogens (tertiary/aromatic N) is 1. The van der Waals surface area contributed by atoms with Gasteiger partial charge in [0.05, 0.1) is 17.7 Å². The van der Waals surface area contributed by atoms with Gasteiger partial charge in [-0.15, -0.1) is 0 Å². The summed E-state index contributed by atoms with van der Waals surface area (Å²) in [4.78, 5) is 16.0. The minimum Gasteiger partial charge on any atom is -1.00 e. The number of carbonyl (C=O) groups is 1. The van der Waals surface area contributed by atoms with Crippen LogP contribution >= 0.6 is 23.2 Å². The smallest absolute Gasteiger partial charge is 0.340 e. The van der Waals surface area contributed by atoms with Gasteiger partial charge in [0, 0.05) is 22.3 Å². The number of pyridine rings is 1. The van der Waals surface area contributed by atoms with E-state index in [4.69, 9.17) is 27.9 Å². The van der Waals surface area contributed by atoms with E-state index in [-0.39, 0.29) is 34.7 Å². The molecule has 0 radical (unpaired) electrons. The molecule has 0 aliphatic rings. The van der Waals surface area contributed by atoms with Gasteiger partial charge in [-0.2, -0.15) is 0 Å². The molecule has 3 N–H and O–H groups in total. The molecule has 1 aromatic heterocycles. The van der Waals surface area contributed by atoms with Gasteiger partial charge in [0.25, 0.3) is 0 Å². The van der Waals surface area contributed by atoms with Crippen LogP contribution in [0, 0.1) is 5.82 Å². The van der Waals surface area contributed by atoms with E-state index in [0.29, 0.717) is 16.1 Å². The van der Waals surface area contributed by atoms with Crippen molar-refractivity contribution in [1.29, 1.82) is 0 Å². The van der Waals surface area contributed by atoms with Crippen LogP contribution in [-0.4, -0.2) is 18.1 Å². The monoisotopic (exact) mass is 378 g/mol. The van der Waals surface area contributed by atoms with E-state index in [1.807, 2.05) is 0 Å². The van der Waals surface area contributed by atoms with Crippen LogP contribution in [0.1, 0.15) is 29.0 Å². The average molecular weight is 380 g/mol. The van der Waals surface area contributed by atoms with Crippen molar-refractivity contribution in [2.45, 2.75) is 13.0 Å². The molecule has 2 rings (SSSR count). The van der Waals surface area contributed by atoms with Crippen LogP contribution in [0.4, 0.5) is 4.39 Å². The number of quaternary nitrogens is 1. The van der Waals surface area contributed by atoms with E-state index in [1.165, 1.54) is 31.5 Å². The first-order valence-electron chi connectivity index (χ1n) is 6.41. The summed E-state index contributed by atoms with van der Waals surface area (Å²) in [6.07, 6.45) is 1.45. The molecule has 124 valence electrons. The zero-order valence-electron chi connectivity index (χ0n) is 12.4. The van der Waals surface area contributed by atoms with Crippen LogP contribution in [-0.2, 0) is 4.74 Å². The van der Waals surface area contributed by atoms with E-state index in [9.17, 15) is 9.18 Å². The standard InChI is InChI=1S/C15H13Cl2FN2O2.ClH/c1-7(19)14-12(18)3-8(6-20-14)10-4-9(16)5-11(17)13(10)15(21)22-2;/h3-7H,19H2,1-2H3;1H. The Bertz CT molecular complexity index is 739. The van der Waals surface area contributed by atoms with Crippen molar-refractivity contribution >= 4 is 29.2 Å². The van der Waals surface area contributed by atoms with Gasteiger partial charge in [0.2, 0.25) is 0 Å². The fourth-order valence-corrected chi connectivity index (χ4v) is 2.64. The summed E-state index contributed by atoms with van der Waals surface area (Å²) in [5, 5.41) is 0.451. The molecule has 0 amide bonds. The number of hydrogen-bond donors (Lipinski definition) is 1. The predicted molar refractivity (Wildman–Crippen MR) is 82.3 cm³/mol. The number of rotatable bonds is 3. The second-order valence-electron chi connectivity index (χ2n) is 4.79. The molecule has 1 atom stereocenters. The summed E-state index contributed by atoms with van der Waals surface area (Å²) in [6, 6.07) is 3.92. The van der Waals surface area contributed by atoms with E-state index in [1.54, 1.807) is 6.92 Å². The Morgan fingerprint density at radius 3 is 2.52 bits per heavy atom. The first kappa shape index (κ1) is 19.6. The molecule has 23 heavy (non-hydrogen) atoms. The molecule has 0 aliphatic carbocycles. The third-order valence-electron chi connectivity index (χ3n) is 3.09. The number of halogens is 4. The molecular formula is C15H14Cl3FN2O2. The highest BCUT2D eigenvalue weighted by molar-refractivity contribution is 6.37. The maximum absolute atomic E-state index is 14.1. The Morgan fingerprint density at radius 2 is 2.00 bits per heavy atom. The van der Waals surface area contributed by atoms with Gasteiger partial charge in [-0.3, -0.25) is 4.98 Å². The van der Waals surface area contributed by atoms with Crippen molar-refractivity contribution in [3.05, 3.63) is 51.5 Å². The molecule has 4 nitrogen and oxygen atoms in total. The largest absolute Gasteiger partial charge is 1.00 e. The molecule has 0 fully saturated rings. The Kier molecular flexibility index (Phi) is 6.77. The first-order chi connectivity index (χ1) is 10.3. The van der Waals surface area contributed by atoms with Crippen LogP contribution in [0.15, 0.2) is 24.4 Å². The Balaban J connectivity index is 0.00000264. The number of benzene rings is 1. The van der Waals surface area contributed by atoms with Gasteiger partial charge in [-0.05, 0) is 25.1 Å². The normalized spacial score (nSPS) is 11.6. The topological polar surface area (TPSA) is 66.8 Å². The van der Waals surface area contributed by atoms with Crippen molar-refractivity contribution in [2.75, 3.05) is 7.11 Å². The lowest BCUT2D eigenvalue weighted by Crippen LogP contribution is -3.00. The van der Waals surface area contributed by atoms with E-state index >= 15 is 0 Å². The molecule has 2 aromatic rings. The lowest BCUT2D eigenvalue weighted by Gasteiger charge is -2.12. The fraction of sp³-hybridized carbons (Fsp3) is 0.200. The molecule has 0 spiro atoms. The summed E-state index contributed by atoms with van der Waals surface area (Å²) in [5.41, 5.74) is 4.84.